The molecule has 0 spiro atoms. The van der Waals surface area contributed by atoms with Gasteiger partial charge in [-0.05, 0) is 37.1 Å². The van der Waals surface area contributed by atoms with E-state index in [1.807, 2.05) is 36.4 Å². The van der Waals surface area contributed by atoms with Crippen molar-refractivity contribution in [3.05, 3.63) is 75.2 Å². The number of ether oxygens (including phenoxy) is 1. The van der Waals surface area contributed by atoms with E-state index in [-0.39, 0.29) is 12.3 Å². The van der Waals surface area contributed by atoms with E-state index in [1.54, 1.807) is 11.3 Å². The second-order valence-corrected chi connectivity index (χ2v) is 12.0. The molecule has 0 aliphatic heterocycles. The number of nitrogens with one attached hydrogen (secondary N) is 1. The van der Waals surface area contributed by atoms with E-state index in [0.717, 1.165) is 29.8 Å². The van der Waals surface area contributed by atoms with E-state index >= 15 is 0 Å². The number of anilines is 1. The van der Waals surface area contributed by atoms with Crippen LogP contribution in [0.1, 0.15) is 100.0 Å². The third-order valence-electron chi connectivity index (χ3n) is 6.98. The largest absolute Gasteiger partial charge is 0.492 e. The van der Waals surface area contributed by atoms with E-state index in [9.17, 15) is 4.79 Å². The number of amides is 1. The highest BCUT2D eigenvalue weighted by atomic mass is 35.5. The molecular weight excluding hydrogens is 524 g/mol. The summed E-state index contributed by atoms with van der Waals surface area (Å²) < 4.78 is 8.13. The SMILES string of the molecule is CCCCCCCCCCCCCCOc1cc(CC(=O)Nc2ccccc2C[n+]2csc(C)c2)ccc1Cl. The molecule has 0 bridgehead atoms. The van der Waals surface area contributed by atoms with Gasteiger partial charge in [0, 0.05) is 5.56 Å². The van der Waals surface area contributed by atoms with Gasteiger partial charge >= 0.3 is 0 Å². The summed E-state index contributed by atoms with van der Waals surface area (Å²) in [5.74, 6) is 0.609. The average molecular weight is 570 g/mol. The highest BCUT2D eigenvalue weighted by Crippen LogP contribution is 2.26. The summed E-state index contributed by atoms with van der Waals surface area (Å²) in [7, 11) is 0. The number of carbonyl (C=O) groups excluding carboxylic acids is 1. The van der Waals surface area contributed by atoms with E-state index in [1.165, 1.54) is 75.5 Å². The molecule has 212 valence electrons. The molecule has 2 aromatic carbocycles. The molecule has 39 heavy (non-hydrogen) atoms. The molecule has 3 aromatic rings. The molecule has 0 saturated carbocycles. The van der Waals surface area contributed by atoms with Crippen LogP contribution >= 0.6 is 22.9 Å². The summed E-state index contributed by atoms with van der Waals surface area (Å²) in [6, 6.07) is 13.6. The molecule has 1 N–H and O–H groups in total. The Morgan fingerprint density at radius 3 is 2.26 bits per heavy atom. The minimum atomic E-state index is -0.0526. The maximum absolute atomic E-state index is 12.9. The number of para-hydroxylation sites is 1. The number of nitrogens with zero attached hydrogens (tertiary/aromatic N) is 1. The predicted molar refractivity (Wildman–Crippen MR) is 165 cm³/mol. The van der Waals surface area contributed by atoms with Crippen molar-refractivity contribution in [3.8, 4) is 5.75 Å². The van der Waals surface area contributed by atoms with Crippen molar-refractivity contribution in [2.75, 3.05) is 11.9 Å². The number of carbonyl (C=O) groups is 1. The minimum absolute atomic E-state index is 0.0526. The molecule has 0 fully saturated rings. The number of thiazole rings is 1. The lowest BCUT2D eigenvalue weighted by atomic mass is 10.1. The number of rotatable bonds is 19. The van der Waals surface area contributed by atoms with Crippen molar-refractivity contribution in [3.63, 3.8) is 0 Å². The Morgan fingerprint density at radius 2 is 1.59 bits per heavy atom. The van der Waals surface area contributed by atoms with Crippen molar-refractivity contribution in [1.29, 1.82) is 0 Å². The van der Waals surface area contributed by atoms with E-state index < -0.39 is 0 Å². The molecule has 0 aliphatic rings. The van der Waals surface area contributed by atoms with E-state index in [4.69, 9.17) is 16.3 Å². The molecule has 0 radical (unpaired) electrons. The number of aryl methyl sites for hydroxylation is 1. The van der Waals surface area contributed by atoms with Crippen molar-refractivity contribution in [2.24, 2.45) is 0 Å². The van der Waals surface area contributed by atoms with Crippen LogP contribution in [0.5, 0.6) is 5.75 Å². The third-order valence-corrected chi connectivity index (χ3v) is 8.15. The number of hydrogen-bond acceptors (Lipinski definition) is 3. The molecule has 1 amide bonds. The van der Waals surface area contributed by atoms with Crippen molar-refractivity contribution in [2.45, 2.75) is 104 Å². The maximum atomic E-state index is 12.9. The smallest absolute Gasteiger partial charge is 0.228 e. The summed E-state index contributed by atoms with van der Waals surface area (Å²) >= 11 is 8.10. The van der Waals surface area contributed by atoms with Gasteiger partial charge in [-0.1, -0.05) is 125 Å². The zero-order valence-electron chi connectivity index (χ0n) is 23.9. The van der Waals surface area contributed by atoms with Crippen LogP contribution < -0.4 is 14.6 Å². The van der Waals surface area contributed by atoms with Gasteiger partial charge in [-0.25, -0.2) is 0 Å². The fourth-order valence-electron chi connectivity index (χ4n) is 4.78. The van der Waals surface area contributed by atoms with Crippen molar-refractivity contribution >= 4 is 34.5 Å². The number of aromatic nitrogens is 1. The van der Waals surface area contributed by atoms with Crippen LogP contribution in [0.25, 0.3) is 0 Å². The Kier molecular flexibility index (Phi) is 14.4. The number of unbranched alkanes of at least 4 members (excludes halogenated alkanes) is 11. The summed E-state index contributed by atoms with van der Waals surface area (Å²) in [4.78, 5) is 14.1. The van der Waals surface area contributed by atoms with Gasteiger partial charge in [-0.2, -0.15) is 4.57 Å². The van der Waals surface area contributed by atoms with Gasteiger partial charge in [-0.3, -0.25) is 4.79 Å². The Hall–Kier alpha value is -2.37. The molecule has 3 rings (SSSR count). The third kappa shape index (κ3) is 12.1. The molecule has 0 atom stereocenters. The Bertz CT molecular complexity index is 1130. The summed E-state index contributed by atoms with van der Waals surface area (Å²) in [5.41, 5.74) is 4.91. The molecule has 0 unspecified atom stereocenters. The van der Waals surface area contributed by atoms with Gasteiger partial charge in [0.25, 0.3) is 0 Å². The topological polar surface area (TPSA) is 42.2 Å². The van der Waals surface area contributed by atoms with Crippen LogP contribution in [0.4, 0.5) is 5.69 Å². The molecule has 4 nitrogen and oxygen atoms in total. The first-order chi connectivity index (χ1) is 19.0. The first-order valence-corrected chi connectivity index (χ1v) is 16.0. The summed E-state index contributed by atoms with van der Waals surface area (Å²) in [6.07, 6.45) is 18.2. The Labute approximate surface area is 244 Å². The highest BCUT2D eigenvalue weighted by molar-refractivity contribution is 7.09. The fourth-order valence-corrected chi connectivity index (χ4v) is 5.58. The summed E-state index contributed by atoms with van der Waals surface area (Å²) in [5, 5.41) is 3.68. The summed E-state index contributed by atoms with van der Waals surface area (Å²) in [6.45, 7) is 5.74. The van der Waals surface area contributed by atoms with E-state index in [0.29, 0.717) is 17.4 Å². The standard InChI is InChI=1S/C33H45ClN2O2S/c1-3-4-5-6-7-8-9-10-11-12-13-16-21-38-32-22-28(19-20-30(32)34)23-33(37)35-31-18-15-14-17-29(31)25-36-24-27(2)39-26-36/h14-15,17-20,22,24,26H,3-13,16,21,23,25H2,1-2H3/p+1. The molecule has 6 heteroatoms. The fraction of sp³-hybridized carbons (Fsp3) is 0.515. The van der Waals surface area contributed by atoms with Crippen LogP contribution in [0.3, 0.4) is 0 Å². The molecule has 0 saturated heterocycles. The van der Waals surface area contributed by atoms with Crippen molar-refractivity contribution in [1.82, 2.24) is 0 Å². The molecule has 0 aliphatic carbocycles. The van der Waals surface area contributed by atoms with Gasteiger partial charge in [0.2, 0.25) is 11.4 Å². The monoisotopic (exact) mass is 569 g/mol. The lowest BCUT2D eigenvalue weighted by molar-refractivity contribution is -0.683. The highest BCUT2D eigenvalue weighted by Gasteiger charge is 2.13. The molecule has 1 heterocycles. The number of halogens is 1. The predicted octanol–water partition coefficient (Wildman–Crippen LogP) is 9.31. The normalized spacial score (nSPS) is 11.1. The van der Waals surface area contributed by atoms with Gasteiger partial charge in [0.1, 0.15) is 5.75 Å². The zero-order valence-corrected chi connectivity index (χ0v) is 25.4. The first-order valence-electron chi connectivity index (χ1n) is 14.8. The average Bonchev–Trinajstić information content (AvgIpc) is 3.34. The van der Waals surface area contributed by atoms with Crippen LogP contribution in [0.2, 0.25) is 5.02 Å². The quantitative estimate of drug-likeness (QED) is 0.115. The number of hydrogen-bond donors (Lipinski definition) is 1. The minimum Gasteiger partial charge on any atom is -0.492 e. The zero-order chi connectivity index (χ0) is 27.7. The van der Waals surface area contributed by atoms with Crippen LogP contribution in [0, 0.1) is 6.92 Å². The van der Waals surface area contributed by atoms with Crippen LogP contribution in [-0.2, 0) is 17.8 Å². The van der Waals surface area contributed by atoms with Gasteiger partial charge in [-0.15, -0.1) is 0 Å². The lowest BCUT2D eigenvalue weighted by Gasteiger charge is -2.11. The van der Waals surface area contributed by atoms with Gasteiger partial charge < -0.3 is 10.1 Å². The van der Waals surface area contributed by atoms with Gasteiger partial charge in [0.15, 0.2) is 12.7 Å². The first kappa shape index (κ1) is 31.2. The Morgan fingerprint density at radius 1 is 0.923 bits per heavy atom. The second kappa shape index (κ2) is 18.1. The van der Waals surface area contributed by atoms with Crippen molar-refractivity contribution < 1.29 is 14.1 Å². The second-order valence-electron chi connectivity index (χ2n) is 10.5. The van der Waals surface area contributed by atoms with Gasteiger partial charge in [0.05, 0.1) is 28.6 Å². The van der Waals surface area contributed by atoms with E-state index in [2.05, 4.69) is 41.5 Å². The Balaban J connectivity index is 1.36. The molecule has 1 aromatic heterocycles. The molecular formula is C33H46ClN2O2S+. The maximum Gasteiger partial charge on any atom is 0.228 e. The van der Waals surface area contributed by atoms with Crippen LogP contribution in [-0.4, -0.2) is 12.5 Å². The lowest BCUT2D eigenvalue weighted by Crippen LogP contribution is -2.31. The number of benzene rings is 2. The van der Waals surface area contributed by atoms with Crippen LogP contribution in [0.15, 0.2) is 54.2 Å².